The van der Waals surface area contributed by atoms with Crippen molar-refractivity contribution in [3.05, 3.63) is 82.3 Å². The van der Waals surface area contributed by atoms with E-state index in [9.17, 15) is 10.1 Å². The zero-order chi connectivity index (χ0) is 21.8. The molecule has 0 radical (unpaired) electrons. The standard InChI is InChI=1S/C22H20N6O3/c1-14-6-9-16-4-3-5-18(19(16)26-14)27-22-20(28(29)30)21(24-13-25-22)23-12-15-7-10-17(31-2)11-8-15/h3-11,13H,12H2,1-2H3,(H2,23,24,25,27). The summed E-state index contributed by atoms with van der Waals surface area (Å²) in [4.78, 5) is 24.1. The van der Waals surface area contributed by atoms with Crippen molar-refractivity contribution >= 4 is 33.9 Å². The van der Waals surface area contributed by atoms with Gasteiger partial charge in [0.05, 0.1) is 23.2 Å². The number of anilines is 3. The molecule has 0 aliphatic carbocycles. The van der Waals surface area contributed by atoms with Crippen molar-refractivity contribution in [3.63, 3.8) is 0 Å². The third-order valence-electron chi connectivity index (χ3n) is 4.74. The minimum absolute atomic E-state index is 0.0908. The Morgan fingerprint density at radius 3 is 2.55 bits per heavy atom. The Balaban J connectivity index is 1.64. The minimum Gasteiger partial charge on any atom is -0.497 e. The molecule has 0 unspecified atom stereocenters. The first-order chi connectivity index (χ1) is 15.0. The highest BCUT2D eigenvalue weighted by molar-refractivity contribution is 5.93. The lowest BCUT2D eigenvalue weighted by atomic mass is 10.1. The number of nitrogens with zero attached hydrogens (tertiary/aromatic N) is 4. The highest BCUT2D eigenvalue weighted by Gasteiger charge is 2.23. The number of methoxy groups -OCH3 is 1. The average Bonchev–Trinajstić information content (AvgIpc) is 2.78. The summed E-state index contributed by atoms with van der Waals surface area (Å²) in [6.07, 6.45) is 1.29. The monoisotopic (exact) mass is 416 g/mol. The zero-order valence-electron chi connectivity index (χ0n) is 17.0. The zero-order valence-corrected chi connectivity index (χ0v) is 17.0. The average molecular weight is 416 g/mol. The maximum atomic E-state index is 11.9. The summed E-state index contributed by atoms with van der Waals surface area (Å²) >= 11 is 0. The number of aromatic nitrogens is 3. The molecule has 0 bridgehead atoms. The van der Waals surface area contributed by atoms with Gasteiger partial charge in [0.2, 0.25) is 11.6 Å². The lowest BCUT2D eigenvalue weighted by molar-refractivity contribution is -0.383. The second kappa shape index (κ2) is 8.62. The molecule has 2 N–H and O–H groups in total. The van der Waals surface area contributed by atoms with Crippen molar-refractivity contribution in [2.24, 2.45) is 0 Å². The molecular formula is C22H20N6O3. The number of nitrogens with one attached hydrogen (secondary N) is 2. The number of para-hydroxylation sites is 1. The van der Waals surface area contributed by atoms with Gasteiger partial charge in [-0.15, -0.1) is 0 Å². The summed E-state index contributed by atoms with van der Waals surface area (Å²) in [5.74, 6) is 0.956. The second-order valence-corrected chi connectivity index (χ2v) is 6.83. The van der Waals surface area contributed by atoms with Crippen LogP contribution in [0.2, 0.25) is 0 Å². The Labute approximate surface area is 178 Å². The predicted octanol–water partition coefficient (Wildman–Crippen LogP) is 4.61. The molecule has 0 saturated heterocycles. The lowest BCUT2D eigenvalue weighted by Crippen LogP contribution is -2.08. The van der Waals surface area contributed by atoms with Gasteiger partial charge in [-0.05, 0) is 36.8 Å². The van der Waals surface area contributed by atoms with E-state index in [0.29, 0.717) is 17.7 Å². The smallest absolute Gasteiger partial charge is 0.353 e. The molecule has 0 amide bonds. The van der Waals surface area contributed by atoms with Crippen LogP contribution in [0, 0.1) is 17.0 Å². The first-order valence-electron chi connectivity index (χ1n) is 9.55. The van der Waals surface area contributed by atoms with Crippen molar-refractivity contribution in [2.45, 2.75) is 13.5 Å². The summed E-state index contributed by atoms with van der Waals surface area (Å²) in [6, 6.07) is 16.9. The fourth-order valence-electron chi connectivity index (χ4n) is 3.17. The van der Waals surface area contributed by atoms with E-state index >= 15 is 0 Å². The third kappa shape index (κ3) is 4.35. The predicted molar refractivity (Wildman–Crippen MR) is 119 cm³/mol. The summed E-state index contributed by atoms with van der Waals surface area (Å²) in [5.41, 5.74) is 2.88. The Morgan fingerprint density at radius 2 is 1.81 bits per heavy atom. The molecule has 2 aromatic carbocycles. The van der Waals surface area contributed by atoms with Gasteiger partial charge in [-0.1, -0.05) is 30.3 Å². The Morgan fingerprint density at radius 1 is 1.03 bits per heavy atom. The highest BCUT2D eigenvalue weighted by atomic mass is 16.6. The fourth-order valence-corrected chi connectivity index (χ4v) is 3.17. The Bertz CT molecular complexity index is 1240. The van der Waals surface area contributed by atoms with Gasteiger partial charge in [-0.3, -0.25) is 15.1 Å². The van der Waals surface area contributed by atoms with Gasteiger partial charge in [-0.2, -0.15) is 0 Å². The van der Waals surface area contributed by atoms with Gasteiger partial charge >= 0.3 is 5.69 Å². The molecule has 156 valence electrons. The van der Waals surface area contributed by atoms with Crippen molar-refractivity contribution in [1.82, 2.24) is 15.0 Å². The fraction of sp³-hybridized carbons (Fsp3) is 0.136. The van der Waals surface area contributed by atoms with Crippen molar-refractivity contribution in [1.29, 1.82) is 0 Å². The second-order valence-electron chi connectivity index (χ2n) is 6.83. The number of aryl methyl sites for hydroxylation is 1. The summed E-state index contributed by atoms with van der Waals surface area (Å²) in [6.45, 7) is 2.25. The Hall–Kier alpha value is -4.27. The van der Waals surface area contributed by atoms with Crippen LogP contribution in [-0.2, 0) is 6.54 Å². The SMILES string of the molecule is COc1ccc(CNc2ncnc(Nc3cccc4ccc(C)nc34)c2[N+](=O)[O-])cc1. The van der Waals surface area contributed by atoms with E-state index in [-0.39, 0.29) is 17.3 Å². The Kier molecular flexibility index (Phi) is 5.57. The largest absolute Gasteiger partial charge is 0.497 e. The number of fused-ring (bicyclic) bond motifs is 1. The maximum Gasteiger partial charge on any atom is 0.353 e. The van der Waals surface area contributed by atoms with Crippen LogP contribution in [0.1, 0.15) is 11.3 Å². The number of ether oxygens (including phenoxy) is 1. The van der Waals surface area contributed by atoms with Crippen molar-refractivity contribution in [2.75, 3.05) is 17.7 Å². The molecule has 0 aliphatic rings. The molecule has 0 aliphatic heterocycles. The quantitative estimate of drug-likeness (QED) is 0.332. The molecule has 0 saturated carbocycles. The maximum absolute atomic E-state index is 11.9. The van der Waals surface area contributed by atoms with Crippen LogP contribution in [0.15, 0.2) is 60.9 Å². The summed E-state index contributed by atoms with van der Waals surface area (Å²) in [5, 5.41) is 18.9. The normalized spacial score (nSPS) is 10.6. The highest BCUT2D eigenvalue weighted by Crippen LogP contribution is 2.33. The molecule has 9 heteroatoms. The van der Waals surface area contributed by atoms with Gasteiger partial charge in [0.1, 0.15) is 12.1 Å². The molecule has 2 heterocycles. The third-order valence-corrected chi connectivity index (χ3v) is 4.74. The minimum atomic E-state index is -0.498. The van der Waals surface area contributed by atoms with E-state index in [1.54, 1.807) is 7.11 Å². The van der Waals surface area contributed by atoms with Crippen LogP contribution in [0.5, 0.6) is 5.75 Å². The molecule has 31 heavy (non-hydrogen) atoms. The molecule has 4 aromatic rings. The van der Waals surface area contributed by atoms with E-state index in [2.05, 4.69) is 25.6 Å². The number of nitro groups is 1. The van der Waals surface area contributed by atoms with E-state index in [1.165, 1.54) is 6.33 Å². The van der Waals surface area contributed by atoms with Crippen LogP contribution in [0.25, 0.3) is 10.9 Å². The number of benzene rings is 2. The lowest BCUT2D eigenvalue weighted by Gasteiger charge is -2.12. The molecule has 0 spiro atoms. The number of hydrogen-bond acceptors (Lipinski definition) is 8. The van der Waals surface area contributed by atoms with Gasteiger partial charge in [-0.25, -0.2) is 9.97 Å². The van der Waals surface area contributed by atoms with Gasteiger partial charge in [0, 0.05) is 17.6 Å². The summed E-state index contributed by atoms with van der Waals surface area (Å²) < 4.78 is 5.15. The van der Waals surface area contributed by atoms with E-state index in [4.69, 9.17) is 4.74 Å². The van der Waals surface area contributed by atoms with Crippen molar-refractivity contribution < 1.29 is 9.66 Å². The van der Waals surface area contributed by atoms with Gasteiger partial charge < -0.3 is 15.4 Å². The first kappa shape index (κ1) is 20.0. The molecule has 9 nitrogen and oxygen atoms in total. The molecule has 2 aromatic heterocycles. The number of rotatable bonds is 7. The van der Waals surface area contributed by atoms with Crippen LogP contribution < -0.4 is 15.4 Å². The first-order valence-corrected chi connectivity index (χ1v) is 9.55. The van der Waals surface area contributed by atoms with Crippen molar-refractivity contribution in [3.8, 4) is 5.75 Å². The van der Waals surface area contributed by atoms with Crippen LogP contribution >= 0.6 is 0 Å². The van der Waals surface area contributed by atoms with E-state index in [1.807, 2.05) is 61.5 Å². The molecule has 0 atom stereocenters. The van der Waals surface area contributed by atoms with Gasteiger partial charge in [0.25, 0.3) is 0 Å². The number of hydrogen-bond donors (Lipinski definition) is 2. The summed E-state index contributed by atoms with van der Waals surface area (Å²) in [7, 11) is 1.60. The number of pyridine rings is 1. The molecular weight excluding hydrogens is 396 g/mol. The van der Waals surface area contributed by atoms with E-state index < -0.39 is 4.92 Å². The molecule has 4 rings (SSSR count). The molecule has 0 fully saturated rings. The van der Waals surface area contributed by atoms with Crippen LogP contribution in [0.3, 0.4) is 0 Å². The van der Waals surface area contributed by atoms with Crippen LogP contribution in [0.4, 0.5) is 23.0 Å². The van der Waals surface area contributed by atoms with E-state index in [0.717, 1.165) is 22.4 Å². The van der Waals surface area contributed by atoms with Gasteiger partial charge in [0.15, 0.2) is 0 Å². The topological polar surface area (TPSA) is 115 Å². The van der Waals surface area contributed by atoms with Crippen LogP contribution in [-0.4, -0.2) is 27.0 Å².